The van der Waals surface area contributed by atoms with E-state index < -0.39 is 5.82 Å². The van der Waals surface area contributed by atoms with Gasteiger partial charge in [-0.1, -0.05) is 6.92 Å². The third-order valence-corrected chi connectivity index (χ3v) is 4.31. The molecule has 1 unspecified atom stereocenters. The maximum absolute atomic E-state index is 14.2. The molecule has 0 radical (unpaired) electrons. The third kappa shape index (κ3) is 2.59. The molecule has 0 saturated carbocycles. The molecule has 3 rings (SSSR count). The van der Waals surface area contributed by atoms with E-state index in [1.807, 2.05) is 6.20 Å². The lowest BCUT2D eigenvalue weighted by Crippen LogP contribution is -2.26. The minimum absolute atomic E-state index is 0.0442. The highest BCUT2D eigenvalue weighted by Crippen LogP contribution is 2.33. The number of hydrogen-bond acceptors (Lipinski definition) is 4. The summed E-state index contributed by atoms with van der Waals surface area (Å²) in [5, 5.41) is 8.46. The Hall–Kier alpha value is -1.95. The summed E-state index contributed by atoms with van der Waals surface area (Å²) in [4.78, 5) is 13.3. The van der Waals surface area contributed by atoms with Crippen molar-refractivity contribution in [2.75, 3.05) is 31.1 Å². The molecule has 1 aromatic heterocycles. The summed E-state index contributed by atoms with van der Waals surface area (Å²) < 4.78 is 15.9. The van der Waals surface area contributed by atoms with Crippen LogP contribution in [0.2, 0.25) is 0 Å². The van der Waals surface area contributed by atoms with Gasteiger partial charge in [0.05, 0.1) is 11.3 Å². The number of hydrogen-bond donors (Lipinski definition) is 1. The Morgan fingerprint density at radius 2 is 2.36 bits per heavy atom. The molecular weight excluding hydrogens is 283 g/mol. The molecule has 2 heterocycles. The van der Waals surface area contributed by atoms with Crippen LogP contribution >= 0.6 is 0 Å². The summed E-state index contributed by atoms with van der Waals surface area (Å²) in [5.74, 6) is 0.0758. The molecular formula is C16H21FN4O. The number of carbonyl (C=O) groups is 1. The van der Waals surface area contributed by atoms with Gasteiger partial charge < -0.3 is 10.2 Å². The second-order valence-electron chi connectivity index (χ2n) is 5.88. The number of nitrogens with one attached hydrogen (secondary N) is 1. The minimum atomic E-state index is -0.494. The van der Waals surface area contributed by atoms with E-state index in [-0.39, 0.29) is 5.56 Å². The topological polar surface area (TPSA) is 50.2 Å². The second-order valence-corrected chi connectivity index (χ2v) is 5.88. The highest BCUT2D eigenvalue weighted by atomic mass is 19.1. The monoisotopic (exact) mass is 304 g/mol. The smallest absolute Gasteiger partial charge is 0.155 e. The molecule has 1 atom stereocenters. The van der Waals surface area contributed by atoms with Gasteiger partial charge in [-0.15, -0.1) is 0 Å². The number of benzene rings is 1. The fourth-order valence-corrected chi connectivity index (χ4v) is 3.20. The first-order valence-electron chi connectivity index (χ1n) is 7.70. The van der Waals surface area contributed by atoms with E-state index in [9.17, 15) is 9.18 Å². The lowest BCUT2D eigenvalue weighted by molar-refractivity contribution is 0.112. The van der Waals surface area contributed by atoms with Gasteiger partial charge in [0.15, 0.2) is 6.29 Å². The average molecular weight is 304 g/mol. The SMILES string of the molecule is CCNCC1CCN(c2cc(F)c(C=O)c3nn(C)cc23)C1. The quantitative estimate of drug-likeness (QED) is 0.858. The van der Waals surface area contributed by atoms with Gasteiger partial charge in [-0.25, -0.2) is 4.39 Å². The predicted molar refractivity (Wildman–Crippen MR) is 84.9 cm³/mol. The van der Waals surface area contributed by atoms with E-state index in [4.69, 9.17) is 0 Å². The molecule has 118 valence electrons. The van der Waals surface area contributed by atoms with Crippen molar-refractivity contribution in [2.24, 2.45) is 13.0 Å². The molecule has 22 heavy (non-hydrogen) atoms. The maximum atomic E-state index is 14.2. The van der Waals surface area contributed by atoms with E-state index in [1.165, 1.54) is 6.07 Å². The zero-order valence-corrected chi connectivity index (χ0v) is 13.0. The van der Waals surface area contributed by atoms with Crippen LogP contribution in [0.5, 0.6) is 0 Å². The Balaban J connectivity index is 1.96. The van der Waals surface area contributed by atoms with Gasteiger partial charge in [0.1, 0.15) is 11.3 Å². The summed E-state index contributed by atoms with van der Waals surface area (Å²) >= 11 is 0. The fraction of sp³-hybridized carbons (Fsp3) is 0.500. The number of halogens is 1. The van der Waals surface area contributed by atoms with E-state index >= 15 is 0 Å². The lowest BCUT2D eigenvalue weighted by atomic mass is 10.1. The van der Waals surface area contributed by atoms with Crippen molar-refractivity contribution < 1.29 is 9.18 Å². The first-order valence-corrected chi connectivity index (χ1v) is 7.70. The van der Waals surface area contributed by atoms with Crippen LogP contribution in [0, 0.1) is 11.7 Å². The lowest BCUT2D eigenvalue weighted by Gasteiger charge is -2.20. The molecule has 6 heteroatoms. The van der Waals surface area contributed by atoms with Gasteiger partial charge in [0.25, 0.3) is 0 Å². The first-order chi connectivity index (χ1) is 10.6. The van der Waals surface area contributed by atoms with E-state index in [0.29, 0.717) is 17.7 Å². The van der Waals surface area contributed by atoms with Gasteiger partial charge >= 0.3 is 0 Å². The highest BCUT2D eigenvalue weighted by molar-refractivity contribution is 6.02. The van der Waals surface area contributed by atoms with Crippen molar-refractivity contribution in [1.82, 2.24) is 15.1 Å². The molecule has 1 fully saturated rings. The van der Waals surface area contributed by atoms with Gasteiger partial charge in [-0.2, -0.15) is 5.10 Å². The van der Waals surface area contributed by atoms with Gasteiger partial charge in [0.2, 0.25) is 0 Å². The Morgan fingerprint density at radius 1 is 1.55 bits per heavy atom. The van der Waals surface area contributed by atoms with Crippen LogP contribution in [0.4, 0.5) is 10.1 Å². The van der Waals surface area contributed by atoms with Crippen LogP contribution in [0.3, 0.4) is 0 Å². The van der Waals surface area contributed by atoms with Crippen LogP contribution in [0.15, 0.2) is 12.3 Å². The number of aromatic nitrogens is 2. The molecule has 0 aliphatic carbocycles. The molecule has 2 aromatic rings. The molecule has 0 bridgehead atoms. The van der Waals surface area contributed by atoms with Crippen LogP contribution in [0.25, 0.3) is 10.9 Å². The molecule has 1 aromatic carbocycles. The Kier molecular flexibility index (Phi) is 4.11. The Morgan fingerprint density at radius 3 is 3.09 bits per heavy atom. The zero-order valence-electron chi connectivity index (χ0n) is 13.0. The Bertz CT molecular complexity index is 697. The van der Waals surface area contributed by atoms with Crippen LogP contribution in [-0.2, 0) is 7.05 Å². The van der Waals surface area contributed by atoms with Crippen molar-refractivity contribution in [1.29, 1.82) is 0 Å². The van der Waals surface area contributed by atoms with Crippen molar-refractivity contribution >= 4 is 22.9 Å². The molecule has 1 N–H and O–H groups in total. The second kappa shape index (κ2) is 6.04. The number of carbonyl (C=O) groups excluding carboxylic acids is 1. The zero-order chi connectivity index (χ0) is 15.7. The number of fused-ring (bicyclic) bond motifs is 1. The molecule has 0 spiro atoms. The van der Waals surface area contributed by atoms with Gasteiger partial charge in [0, 0.05) is 31.7 Å². The van der Waals surface area contributed by atoms with Crippen molar-refractivity contribution in [3.8, 4) is 0 Å². The van der Waals surface area contributed by atoms with E-state index in [0.717, 1.165) is 43.7 Å². The first kappa shape index (κ1) is 15.0. The Labute approximate surface area is 129 Å². The third-order valence-electron chi connectivity index (χ3n) is 4.31. The molecule has 1 aliphatic rings. The summed E-state index contributed by atoms with van der Waals surface area (Å²) in [7, 11) is 1.79. The van der Waals surface area contributed by atoms with Crippen molar-refractivity contribution in [2.45, 2.75) is 13.3 Å². The molecule has 1 aliphatic heterocycles. The number of aldehydes is 1. The molecule has 0 amide bonds. The highest BCUT2D eigenvalue weighted by Gasteiger charge is 2.26. The predicted octanol–water partition coefficient (Wildman–Crippen LogP) is 1.96. The van der Waals surface area contributed by atoms with Gasteiger partial charge in [-0.05, 0) is 31.5 Å². The van der Waals surface area contributed by atoms with Crippen molar-refractivity contribution in [3.05, 3.63) is 23.6 Å². The van der Waals surface area contributed by atoms with Crippen LogP contribution in [0.1, 0.15) is 23.7 Å². The number of rotatable bonds is 5. The normalized spacial score (nSPS) is 18.3. The minimum Gasteiger partial charge on any atom is -0.371 e. The van der Waals surface area contributed by atoms with E-state index in [2.05, 4.69) is 22.2 Å². The number of aryl methyl sites for hydroxylation is 1. The molecule has 5 nitrogen and oxygen atoms in total. The largest absolute Gasteiger partial charge is 0.371 e. The van der Waals surface area contributed by atoms with Gasteiger partial charge in [-0.3, -0.25) is 9.48 Å². The summed E-state index contributed by atoms with van der Waals surface area (Å²) in [6.07, 6.45) is 3.49. The summed E-state index contributed by atoms with van der Waals surface area (Å²) in [6.45, 7) is 5.85. The van der Waals surface area contributed by atoms with E-state index in [1.54, 1.807) is 11.7 Å². The number of nitrogens with zero attached hydrogens (tertiary/aromatic N) is 3. The number of anilines is 1. The van der Waals surface area contributed by atoms with Crippen LogP contribution < -0.4 is 10.2 Å². The summed E-state index contributed by atoms with van der Waals surface area (Å²) in [6, 6.07) is 1.48. The summed E-state index contributed by atoms with van der Waals surface area (Å²) in [5.41, 5.74) is 1.33. The average Bonchev–Trinajstić information content (AvgIpc) is 3.10. The van der Waals surface area contributed by atoms with Crippen molar-refractivity contribution in [3.63, 3.8) is 0 Å². The fourth-order valence-electron chi connectivity index (χ4n) is 3.20. The standard InChI is InChI=1S/C16H21FN4O/c1-3-18-7-11-4-5-21(8-11)15-6-14(17)13(10-22)16-12(15)9-20(2)19-16/h6,9-11,18H,3-5,7-8H2,1-2H3. The molecule has 1 saturated heterocycles. The maximum Gasteiger partial charge on any atom is 0.155 e. The van der Waals surface area contributed by atoms with Crippen LogP contribution in [-0.4, -0.2) is 42.2 Å².